The number of nitriles is 1. The molecule has 0 spiro atoms. The van der Waals surface area contributed by atoms with Crippen LogP contribution in [0.5, 0.6) is 0 Å². The molecule has 0 heterocycles. The van der Waals surface area contributed by atoms with Crippen molar-refractivity contribution in [2.24, 2.45) is 0 Å². The number of rotatable bonds is 6. The van der Waals surface area contributed by atoms with E-state index in [0.717, 1.165) is 31.7 Å². The van der Waals surface area contributed by atoms with Crippen LogP contribution in [0.15, 0.2) is 60.7 Å². The van der Waals surface area contributed by atoms with Crippen molar-refractivity contribution in [1.29, 1.82) is 5.26 Å². The quantitative estimate of drug-likeness (QED) is 0.215. The standard InChI is InChI=1S/C28H21F4N/c1-2-3-4-5-17-6-8-18(9-7-17)20-13-25(30)27(26(31)14-20)19-10-11-22-21(12-19)15-24(29)23(16-33)28(22)32/h6-15H,2-5H2,1H3. The van der Waals surface area contributed by atoms with Gasteiger partial charge in [-0.15, -0.1) is 0 Å². The summed E-state index contributed by atoms with van der Waals surface area (Å²) in [7, 11) is 0. The zero-order valence-corrected chi connectivity index (χ0v) is 18.1. The predicted molar refractivity (Wildman–Crippen MR) is 123 cm³/mol. The van der Waals surface area contributed by atoms with Crippen molar-refractivity contribution in [1.82, 2.24) is 0 Å². The van der Waals surface area contributed by atoms with E-state index in [2.05, 4.69) is 6.92 Å². The molecule has 4 rings (SSSR count). The van der Waals surface area contributed by atoms with E-state index in [9.17, 15) is 8.78 Å². The first-order chi connectivity index (χ1) is 15.9. The van der Waals surface area contributed by atoms with Gasteiger partial charge in [0.2, 0.25) is 0 Å². The number of unbranched alkanes of at least 4 members (excludes halogenated alkanes) is 2. The maximum atomic E-state index is 15.0. The van der Waals surface area contributed by atoms with Gasteiger partial charge in [0, 0.05) is 5.39 Å². The summed E-state index contributed by atoms with van der Waals surface area (Å²) < 4.78 is 58.4. The summed E-state index contributed by atoms with van der Waals surface area (Å²) >= 11 is 0. The molecule has 0 fully saturated rings. The van der Waals surface area contributed by atoms with E-state index in [1.165, 1.54) is 42.0 Å². The van der Waals surface area contributed by atoms with Gasteiger partial charge < -0.3 is 0 Å². The van der Waals surface area contributed by atoms with Gasteiger partial charge >= 0.3 is 0 Å². The number of hydrogen-bond donors (Lipinski definition) is 0. The van der Waals surface area contributed by atoms with Gasteiger partial charge in [0.1, 0.15) is 29.1 Å². The molecular formula is C28H21F4N. The summed E-state index contributed by atoms with van der Waals surface area (Å²) in [5.41, 5.74) is 1.48. The lowest BCUT2D eigenvalue weighted by molar-refractivity contribution is 0.585. The fourth-order valence-electron chi connectivity index (χ4n) is 4.05. The number of nitrogens with zero attached hydrogens (tertiary/aromatic N) is 1. The van der Waals surface area contributed by atoms with Gasteiger partial charge in [0.25, 0.3) is 0 Å². The van der Waals surface area contributed by atoms with Gasteiger partial charge in [-0.25, -0.2) is 17.6 Å². The number of aryl methyl sites for hydroxylation is 1. The highest BCUT2D eigenvalue weighted by molar-refractivity contribution is 5.89. The van der Waals surface area contributed by atoms with Gasteiger partial charge in [0.15, 0.2) is 5.82 Å². The summed E-state index contributed by atoms with van der Waals surface area (Å²) in [6, 6.07) is 16.6. The Morgan fingerprint density at radius 3 is 2.03 bits per heavy atom. The molecule has 1 nitrogen and oxygen atoms in total. The van der Waals surface area contributed by atoms with E-state index in [0.29, 0.717) is 11.1 Å². The molecule has 0 radical (unpaired) electrons. The van der Waals surface area contributed by atoms with E-state index < -0.39 is 28.8 Å². The maximum absolute atomic E-state index is 15.0. The van der Waals surface area contributed by atoms with Crippen LogP contribution in [-0.4, -0.2) is 0 Å². The molecule has 0 aliphatic carbocycles. The fourth-order valence-corrected chi connectivity index (χ4v) is 4.05. The Hall–Kier alpha value is -3.65. The Morgan fingerprint density at radius 2 is 1.39 bits per heavy atom. The summed E-state index contributed by atoms with van der Waals surface area (Å²) in [5, 5.41) is 9.04. The largest absolute Gasteiger partial charge is 0.206 e. The van der Waals surface area contributed by atoms with E-state index in [4.69, 9.17) is 5.26 Å². The van der Waals surface area contributed by atoms with Crippen LogP contribution in [0, 0.1) is 34.6 Å². The lowest BCUT2D eigenvalue weighted by Crippen LogP contribution is -1.95. The smallest absolute Gasteiger partial charge is 0.151 e. The van der Waals surface area contributed by atoms with Crippen LogP contribution in [0.4, 0.5) is 17.6 Å². The summed E-state index contributed by atoms with van der Waals surface area (Å²) in [5.74, 6) is -3.56. The van der Waals surface area contributed by atoms with Crippen LogP contribution >= 0.6 is 0 Å². The molecule has 0 amide bonds. The Kier molecular flexibility index (Phi) is 6.46. The molecule has 0 unspecified atom stereocenters. The van der Waals surface area contributed by atoms with Gasteiger partial charge in [0.05, 0.1) is 5.56 Å². The fraction of sp³-hybridized carbons (Fsp3) is 0.179. The van der Waals surface area contributed by atoms with Gasteiger partial charge in [-0.2, -0.15) is 5.26 Å². The average Bonchev–Trinajstić information content (AvgIpc) is 2.79. The molecular weight excluding hydrogens is 426 g/mol. The third-order valence-electron chi connectivity index (χ3n) is 5.83. The highest BCUT2D eigenvalue weighted by Crippen LogP contribution is 2.34. The van der Waals surface area contributed by atoms with Crippen molar-refractivity contribution in [3.05, 3.63) is 95.1 Å². The molecule has 5 heteroatoms. The third kappa shape index (κ3) is 4.47. The van der Waals surface area contributed by atoms with Crippen LogP contribution in [0.1, 0.15) is 37.3 Å². The Labute approximate surface area is 189 Å². The summed E-state index contributed by atoms with van der Waals surface area (Å²) in [6.07, 6.45) is 4.37. The molecule has 0 atom stereocenters. The molecule has 0 aliphatic heterocycles. The van der Waals surface area contributed by atoms with Crippen LogP contribution in [0.2, 0.25) is 0 Å². The molecule has 4 aromatic rings. The zero-order valence-electron chi connectivity index (χ0n) is 18.1. The molecule has 0 aromatic heterocycles. The molecule has 0 saturated heterocycles. The minimum absolute atomic E-state index is 0.00756. The number of hydrogen-bond acceptors (Lipinski definition) is 1. The molecule has 33 heavy (non-hydrogen) atoms. The minimum atomic E-state index is -1.02. The van der Waals surface area contributed by atoms with Crippen LogP contribution < -0.4 is 0 Å². The van der Waals surface area contributed by atoms with E-state index in [-0.39, 0.29) is 21.9 Å². The molecule has 0 N–H and O–H groups in total. The lowest BCUT2D eigenvalue weighted by Gasteiger charge is -2.11. The second-order valence-electron chi connectivity index (χ2n) is 8.06. The Morgan fingerprint density at radius 1 is 0.727 bits per heavy atom. The Bertz CT molecular complexity index is 1340. The molecule has 0 aliphatic rings. The number of halogens is 4. The van der Waals surface area contributed by atoms with Crippen LogP contribution in [0.3, 0.4) is 0 Å². The lowest BCUT2D eigenvalue weighted by atomic mass is 9.95. The zero-order chi connectivity index (χ0) is 23.5. The first-order valence-corrected chi connectivity index (χ1v) is 10.8. The van der Waals surface area contributed by atoms with Gasteiger partial charge in [-0.1, -0.05) is 56.2 Å². The minimum Gasteiger partial charge on any atom is -0.206 e. The normalized spacial score (nSPS) is 11.0. The van der Waals surface area contributed by atoms with Gasteiger partial charge in [-0.05, 0) is 64.7 Å². The van der Waals surface area contributed by atoms with Crippen molar-refractivity contribution in [2.45, 2.75) is 32.6 Å². The number of benzene rings is 4. The van der Waals surface area contributed by atoms with Crippen molar-refractivity contribution >= 4 is 10.8 Å². The Balaban J connectivity index is 1.69. The highest BCUT2D eigenvalue weighted by atomic mass is 19.1. The van der Waals surface area contributed by atoms with Gasteiger partial charge in [-0.3, -0.25) is 0 Å². The maximum Gasteiger partial charge on any atom is 0.151 e. The topological polar surface area (TPSA) is 23.8 Å². The van der Waals surface area contributed by atoms with Crippen LogP contribution in [-0.2, 0) is 6.42 Å². The SMILES string of the molecule is CCCCCc1ccc(-c2cc(F)c(-c3ccc4c(F)c(C#N)c(F)cc4c3)c(F)c2)cc1. The first-order valence-electron chi connectivity index (χ1n) is 10.8. The van der Waals surface area contributed by atoms with E-state index in [1.807, 2.05) is 24.3 Å². The number of fused-ring (bicyclic) bond motifs is 1. The highest BCUT2D eigenvalue weighted by Gasteiger charge is 2.18. The first kappa shape index (κ1) is 22.5. The van der Waals surface area contributed by atoms with Crippen molar-refractivity contribution in [3.8, 4) is 28.3 Å². The average molecular weight is 447 g/mol. The summed E-state index contributed by atoms with van der Waals surface area (Å²) in [4.78, 5) is 0. The molecule has 0 saturated carbocycles. The van der Waals surface area contributed by atoms with Crippen molar-refractivity contribution in [2.75, 3.05) is 0 Å². The molecule has 4 aromatic carbocycles. The monoisotopic (exact) mass is 447 g/mol. The van der Waals surface area contributed by atoms with E-state index >= 15 is 8.78 Å². The van der Waals surface area contributed by atoms with E-state index in [1.54, 1.807) is 0 Å². The second kappa shape index (κ2) is 9.46. The third-order valence-corrected chi connectivity index (χ3v) is 5.83. The summed E-state index contributed by atoms with van der Waals surface area (Å²) in [6.45, 7) is 2.15. The molecule has 0 bridgehead atoms. The van der Waals surface area contributed by atoms with Crippen molar-refractivity contribution < 1.29 is 17.6 Å². The predicted octanol–water partition coefficient (Wildman–Crippen LogP) is 8.33. The molecule has 166 valence electrons. The van der Waals surface area contributed by atoms with Crippen molar-refractivity contribution in [3.63, 3.8) is 0 Å². The second-order valence-corrected chi connectivity index (χ2v) is 8.06. The van der Waals surface area contributed by atoms with Crippen LogP contribution in [0.25, 0.3) is 33.0 Å².